The van der Waals surface area contributed by atoms with Gasteiger partial charge in [0.05, 0.1) is 13.2 Å². The number of halogens is 1. The number of H-pyrrole nitrogens is 1. The molecule has 0 amide bonds. The van der Waals surface area contributed by atoms with Gasteiger partial charge in [0.1, 0.15) is 5.75 Å². The van der Waals surface area contributed by atoms with Crippen molar-refractivity contribution in [3.05, 3.63) is 63.3 Å². The van der Waals surface area contributed by atoms with Gasteiger partial charge in [-0.1, -0.05) is 17.7 Å². The molecule has 3 aromatic rings. The van der Waals surface area contributed by atoms with Crippen molar-refractivity contribution in [3.63, 3.8) is 0 Å². The average Bonchev–Trinajstić information content (AvgIpc) is 2.95. The van der Waals surface area contributed by atoms with Crippen LogP contribution in [-0.2, 0) is 6.42 Å². The molecule has 4 rings (SSSR count). The number of aromatic amines is 1. The minimum Gasteiger partial charge on any atom is -0.496 e. The molecule has 124 valence electrons. The minimum atomic E-state index is 0.171. The molecular formula is C20H21ClN2O. The van der Waals surface area contributed by atoms with Crippen molar-refractivity contribution in [3.8, 4) is 5.75 Å². The van der Waals surface area contributed by atoms with Gasteiger partial charge in [-0.25, -0.2) is 0 Å². The summed E-state index contributed by atoms with van der Waals surface area (Å²) in [6.07, 6.45) is 1.01. The Morgan fingerprint density at radius 1 is 1.12 bits per heavy atom. The van der Waals surface area contributed by atoms with Gasteiger partial charge in [-0.05, 0) is 66.8 Å². The fourth-order valence-electron chi connectivity index (χ4n) is 3.82. The highest BCUT2D eigenvalue weighted by Gasteiger charge is 2.27. The van der Waals surface area contributed by atoms with Crippen LogP contribution in [0.2, 0.25) is 5.02 Å². The fourth-order valence-corrected chi connectivity index (χ4v) is 3.99. The highest BCUT2D eigenvalue weighted by atomic mass is 35.5. The second-order valence-corrected chi connectivity index (χ2v) is 6.89. The van der Waals surface area contributed by atoms with Crippen LogP contribution in [-0.4, -0.2) is 18.6 Å². The van der Waals surface area contributed by atoms with Crippen LogP contribution in [0, 0.1) is 13.8 Å². The third-order valence-electron chi connectivity index (χ3n) is 5.22. The van der Waals surface area contributed by atoms with Crippen molar-refractivity contribution in [2.45, 2.75) is 26.3 Å². The summed E-state index contributed by atoms with van der Waals surface area (Å²) in [6.45, 7) is 5.25. The normalized spacial score (nSPS) is 17.1. The van der Waals surface area contributed by atoms with Gasteiger partial charge in [0, 0.05) is 28.2 Å². The van der Waals surface area contributed by atoms with Gasteiger partial charge in [-0.15, -0.1) is 0 Å². The Morgan fingerprint density at radius 2 is 1.96 bits per heavy atom. The molecule has 0 aliphatic carbocycles. The van der Waals surface area contributed by atoms with Gasteiger partial charge in [0.15, 0.2) is 0 Å². The topological polar surface area (TPSA) is 37.0 Å². The molecule has 0 bridgehead atoms. The van der Waals surface area contributed by atoms with Gasteiger partial charge < -0.3 is 15.0 Å². The van der Waals surface area contributed by atoms with Crippen molar-refractivity contribution < 1.29 is 4.74 Å². The summed E-state index contributed by atoms with van der Waals surface area (Å²) in [5.74, 6) is 0.940. The number of nitrogens with one attached hydrogen (secondary N) is 2. The van der Waals surface area contributed by atoms with E-state index in [1.165, 1.54) is 33.3 Å². The monoisotopic (exact) mass is 340 g/mol. The maximum absolute atomic E-state index is 6.21. The zero-order valence-electron chi connectivity index (χ0n) is 14.2. The Morgan fingerprint density at radius 3 is 2.75 bits per heavy atom. The molecule has 1 aliphatic heterocycles. The first-order valence-electron chi connectivity index (χ1n) is 8.27. The standard InChI is InChI=1S/C20H21ClN2O/c1-11-12(2)18(24-3)7-5-14(11)19-20-15(8-9-22-19)16-10-13(21)4-6-17(16)23-20/h4-7,10,19,22-23H,8-9H2,1-3H3. The number of aromatic nitrogens is 1. The zero-order valence-corrected chi connectivity index (χ0v) is 14.9. The van der Waals surface area contributed by atoms with E-state index in [1.807, 2.05) is 6.07 Å². The number of hydrogen-bond donors (Lipinski definition) is 2. The first-order chi connectivity index (χ1) is 11.6. The molecule has 0 fully saturated rings. The van der Waals surface area contributed by atoms with Crippen molar-refractivity contribution >= 4 is 22.5 Å². The van der Waals surface area contributed by atoms with Crippen LogP contribution in [0.15, 0.2) is 30.3 Å². The second-order valence-electron chi connectivity index (χ2n) is 6.45. The van der Waals surface area contributed by atoms with Crippen LogP contribution < -0.4 is 10.1 Å². The highest BCUT2D eigenvalue weighted by molar-refractivity contribution is 6.31. The molecule has 4 heteroatoms. The van der Waals surface area contributed by atoms with Crippen LogP contribution in [0.1, 0.15) is 34.0 Å². The summed E-state index contributed by atoms with van der Waals surface area (Å²) < 4.78 is 5.46. The summed E-state index contributed by atoms with van der Waals surface area (Å²) >= 11 is 6.21. The SMILES string of the molecule is COc1ccc(C2NCCc3c2[nH]c2ccc(Cl)cc32)c(C)c1C. The largest absolute Gasteiger partial charge is 0.496 e. The lowest BCUT2D eigenvalue weighted by Crippen LogP contribution is -2.31. The Bertz CT molecular complexity index is 929. The molecule has 1 unspecified atom stereocenters. The maximum atomic E-state index is 6.21. The predicted molar refractivity (Wildman–Crippen MR) is 99.3 cm³/mol. The van der Waals surface area contributed by atoms with Crippen molar-refractivity contribution in [2.75, 3.05) is 13.7 Å². The van der Waals surface area contributed by atoms with E-state index in [1.54, 1.807) is 7.11 Å². The van der Waals surface area contributed by atoms with Crippen LogP contribution >= 0.6 is 11.6 Å². The van der Waals surface area contributed by atoms with Gasteiger partial charge in [-0.2, -0.15) is 0 Å². The number of ether oxygens (including phenoxy) is 1. The summed E-state index contributed by atoms with van der Waals surface area (Å²) in [5.41, 5.74) is 7.56. The van der Waals surface area contributed by atoms with Crippen molar-refractivity contribution in [1.82, 2.24) is 10.3 Å². The van der Waals surface area contributed by atoms with Gasteiger partial charge >= 0.3 is 0 Å². The summed E-state index contributed by atoms with van der Waals surface area (Å²) in [4.78, 5) is 3.61. The maximum Gasteiger partial charge on any atom is 0.122 e. The molecule has 3 nitrogen and oxygen atoms in total. The summed E-state index contributed by atoms with van der Waals surface area (Å²) in [7, 11) is 1.72. The van der Waals surface area contributed by atoms with E-state index in [2.05, 4.69) is 48.4 Å². The van der Waals surface area contributed by atoms with E-state index in [0.29, 0.717) is 0 Å². The van der Waals surface area contributed by atoms with Crippen LogP contribution in [0.25, 0.3) is 10.9 Å². The van der Waals surface area contributed by atoms with Crippen LogP contribution in [0.3, 0.4) is 0 Å². The van der Waals surface area contributed by atoms with Crippen molar-refractivity contribution in [2.24, 2.45) is 0 Å². The first-order valence-corrected chi connectivity index (χ1v) is 8.65. The summed E-state index contributed by atoms with van der Waals surface area (Å²) in [6, 6.07) is 10.5. The van der Waals surface area contributed by atoms with Crippen LogP contribution in [0.4, 0.5) is 0 Å². The lowest BCUT2D eigenvalue weighted by Gasteiger charge is -2.27. The summed E-state index contributed by atoms with van der Waals surface area (Å²) in [5, 5.41) is 5.70. The predicted octanol–water partition coefficient (Wildman–Crippen LogP) is 4.68. The lowest BCUT2D eigenvalue weighted by atomic mass is 9.90. The average molecular weight is 341 g/mol. The van der Waals surface area contributed by atoms with Gasteiger partial charge in [-0.3, -0.25) is 0 Å². The molecule has 0 spiro atoms. The molecule has 1 atom stereocenters. The third-order valence-corrected chi connectivity index (χ3v) is 5.46. The molecule has 2 N–H and O–H groups in total. The fraction of sp³-hybridized carbons (Fsp3) is 0.300. The zero-order chi connectivity index (χ0) is 16.8. The Kier molecular flexibility index (Phi) is 3.78. The Hall–Kier alpha value is -1.97. The molecule has 0 saturated heterocycles. The molecule has 0 saturated carbocycles. The second kappa shape index (κ2) is 5.83. The smallest absolute Gasteiger partial charge is 0.122 e. The van der Waals surface area contributed by atoms with E-state index in [-0.39, 0.29) is 6.04 Å². The molecule has 2 heterocycles. The number of fused-ring (bicyclic) bond motifs is 3. The lowest BCUT2D eigenvalue weighted by molar-refractivity contribution is 0.410. The van der Waals surface area contributed by atoms with Crippen molar-refractivity contribution in [1.29, 1.82) is 0 Å². The van der Waals surface area contributed by atoms with E-state index in [4.69, 9.17) is 16.3 Å². The van der Waals surface area contributed by atoms with E-state index in [9.17, 15) is 0 Å². The van der Waals surface area contributed by atoms with Gasteiger partial charge in [0.2, 0.25) is 0 Å². The third kappa shape index (κ3) is 2.31. The van der Waals surface area contributed by atoms with Crippen LogP contribution in [0.5, 0.6) is 5.75 Å². The van der Waals surface area contributed by atoms with E-state index < -0.39 is 0 Å². The quantitative estimate of drug-likeness (QED) is 0.710. The number of methoxy groups -OCH3 is 1. The van der Waals surface area contributed by atoms with E-state index in [0.717, 1.165) is 29.3 Å². The number of benzene rings is 2. The number of rotatable bonds is 2. The Balaban J connectivity index is 1.88. The highest BCUT2D eigenvalue weighted by Crippen LogP contribution is 2.37. The Labute approximate surface area is 147 Å². The van der Waals surface area contributed by atoms with Gasteiger partial charge in [0.25, 0.3) is 0 Å². The molecule has 1 aliphatic rings. The molecule has 1 aromatic heterocycles. The molecule has 0 radical (unpaired) electrons. The van der Waals surface area contributed by atoms with E-state index >= 15 is 0 Å². The molecule has 24 heavy (non-hydrogen) atoms. The first kappa shape index (κ1) is 15.6. The molecule has 2 aromatic carbocycles. The minimum absolute atomic E-state index is 0.171. The number of hydrogen-bond acceptors (Lipinski definition) is 2. The molecular weight excluding hydrogens is 320 g/mol.